The lowest BCUT2D eigenvalue weighted by atomic mass is 9.94. The van der Waals surface area contributed by atoms with Crippen LogP contribution in [-0.2, 0) is 9.47 Å². The predicted molar refractivity (Wildman–Crippen MR) is 82.6 cm³/mol. The van der Waals surface area contributed by atoms with Gasteiger partial charge in [0.05, 0.1) is 11.4 Å². The van der Waals surface area contributed by atoms with E-state index in [1.54, 1.807) is 18.9 Å². The van der Waals surface area contributed by atoms with Gasteiger partial charge >= 0.3 is 0 Å². The highest BCUT2D eigenvalue weighted by Gasteiger charge is 2.37. The zero-order valence-electron chi connectivity index (χ0n) is 12.5. The van der Waals surface area contributed by atoms with Crippen molar-refractivity contribution < 1.29 is 14.7 Å². The fourth-order valence-electron chi connectivity index (χ4n) is 2.39. The summed E-state index contributed by atoms with van der Waals surface area (Å²) in [6.45, 7) is 5.10. The van der Waals surface area contributed by atoms with Gasteiger partial charge in [-0.15, -0.1) is 0 Å². The van der Waals surface area contributed by atoms with Crippen LogP contribution in [0.2, 0.25) is 0 Å². The second kappa shape index (κ2) is 9.44. The van der Waals surface area contributed by atoms with E-state index in [9.17, 15) is 0 Å². The molecule has 0 unspecified atom stereocenters. The number of amidine groups is 1. The summed E-state index contributed by atoms with van der Waals surface area (Å²) >= 11 is 1.68. The molecule has 0 bridgehead atoms. The molecule has 1 saturated heterocycles. The van der Waals surface area contributed by atoms with Crippen molar-refractivity contribution in [2.24, 2.45) is 10.9 Å². The zero-order chi connectivity index (χ0) is 14.8. The first-order valence-corrected chi connectivity index (χ1v) is 8.23. The summed E-state index contributed by atoms with van der Waals surface area (Å²) < 4.78 is 10.3. The molecule has 7 heteroatoms. The van der Waals surface area contributed by atoms with Crippen LogP contribution in [0.3, 0.4) is 0 Å². The lowest BCUT2D eigenvalue weighted by molar-refractivity contribution is 0.0781. The molecule has 6 nitrogen and oxygen atoms in total. The molecule has 0 aromatic rings. The summed E-state index contributed by atoms with van der Waals surface area (Å²) in [5, 5.41) is 12.1. The highest BCUT2D eigenvalue weighted by Crippen LogP contribution is 2.34. The molecule has 118 valence electrons. The van der Waals surface area contributed by atoms with Gasteiger partial charge in [-0.3, -0.25) is 0 Å². The highest BCUT2D eigenvalue weighted by molar-refractivity contribution is 8.00. The Morgan fingerprint density at radius 3 is 2.60 bits per heavy atom. The van der Waals surface area contributed by atoms with Crippen LogP contribution in [0.25, 0.3) is 0 Å². The Hall–Kier alpha value is -0.500. The van der Waals surface area contributed by atoms with Gasteiger partial charge in [-0.25, -0.2) is 0 Å². The van der Waals surface area contributed by atoms with E-state index in [-0.39, 0.29) is 4.75 Å². The molecule has 1 aliphatic heterocycles. The van der Waals surface area contributed by atoms with Gasteiger partial charge in [0.15, 0.2) is 5.84 Å². The van der Waals surface area contributed by atoms with Gasteiger partial charge in [0.2, 0.25) is 0 Å². The maximum Gasteiger partial charge on any atom is 0.155 e. The van der Waals surface area contributed by atoms with Crippen molar-refractivity contribution >= 4 is 17.6 Å². The molecule has 0 atom stereocenters. The summed E-state index contributed by atoms with van der Waals surface area (Å²) in [4.78, 5) is 2.37. The van der Waals surface area contributed by atoms with Gasteiger partial charge in [0, 0.05) is 26.9 Å². The van der Waals surface area contributed by atoms with Crippen LogP contribution in [0.5, 0.6) is 0 Å². The van der Waals surface area contributed by atoms with E-state index in [0.717, 1.165) is 58.7 Å². The first-order valence-electron chi connectivity index (χ1n) is 7.00. The van der Waals surface area contributed by atoms with E-state index >= 15 is 0 Å². The van der Waals surface area contributed by atoms with Crippen molar-refractivity contribution in [1.82, 2.24) is 4.90 Å². The number of hydrogen-bond acceptors (Lipinski definition) is 6. The quantitative estimate of drug-likeness (QED) is 0.217. The van der Waals surface area contributed by atoms with Crippen LogP contribution < -0.4 is 5.73 Å². The molecule has 0 amide bonds. The Kier molecular flexibility index (Phi) is 8.28. The summed E-state index contributed by atoms with van der Waals surface area (Å²) in [7, 11) is 1.70. The number of nitrogens with zero attached hydrogens (tertiary/aromatic N) is 2. The van der Waals surface area contributed by atoms with Crippen LogP contribution >= 0.6 is 11.8 Å². The molecule has 1 rings (SSSR count). The first-order chi connectivity index (χ1) is 9.68. The summed E-state index contributed by atoms with van der Waals surface area (Å²) in [6.07, 6.45) is 4.78. The minimum Gasteiger partial charge on any atom is -0.409 e. The lowest BCUT2D eigenvalue weighted by Gasteiger charge is -2.39. The fraction of sp³-hybridized carbons (Fsp3) is 0.923. The third-order valence-electron chi connectivity index (χ3n) is 3.82. The van der Waals surface area contributed by atoms with Crippen LogP contribution in [0.15, 0.2) is 5.16 Å². The topological polar surface area (TPSA) is 80.3 Å². The molecule has 0 spiro atoms. The van der Waals surface area contributed by atoms with Crippen molar-refractivity contribution in [1.29, 1.82) is 0 Å². The summed E-state index contributed by atoms with van der Waals surface area (Å²) in [6, 6.07) is 0. The number of hydrogen-bond donors (Lipinski definition) is 2. The minimum atomic E-state index is -0.204. The molecule has 0 aliphatic carbocycles. The van der Waals surface area contributed by atoms with Gasteiger partial charge in [0.25, 0.3) is 0 Å². The number of likely N-dealkylation sites (tertiary alicyclic amines) is 1. The predicted octanol–water partition coefficient (Wildman–Crippen LogP) is 0.984. The third-order valence-corrected chi connectivity index (χ3v) is 5.22. The summed E-state index contributed by atoms with van der Waals surface area (Å²) in [5.74, 6) is 0.348. The molecule has 0 aromatic carbocycles. The molecule has 1 aliphatic rings. The van der Waals surface area contributed by atoms with Gasteiger partial charge in [-0.1, -0.05) is 5.16 Å². The number of nitrogens with two attached hydrogens (primary N) is 1. The third kappa shape index (κ3) is 5.12. The average molecular weight is 305 g/mol. The molecule has 1 heterocycles. The van der Waals surface area contributed by atoms with Gasteiger partial charge < -0.3 is 25.3 Å². The van der Waals surface area contributed by atoms with E-state index in [1.807, 2.05) is 6.26 Å². The molecule has 0 radical (unpaired) electrons. The van der Waals surface area contributed by atoms with E-state index < -0.39 is 0 Å². The Balaban J connectivity index is 2.21. The number of rotatable bonds is 9. The van der Waals surface area contributed by atoms with Crippen molar-refractivity contribution in [3.8, 4) is 0 Å². The number of oxime groups is 1. The molecule has 1 fully saturated rings. The normalized spacial score (nSPS) is 20.2. The van der Waals surface area contributed by atoms with Crippen LogP contribution in [-0.4, -0.2) is 73.5 Å². The molecular formula is C13H27N3O3S. The number of ether oxygens (including phenoxy) is 2. The second-order valence-electron chi connectivity index (χ2n) is 4.98. The largest absolute Gasteiger partial charge is 0.409 e. The van der Waals surface area contributed by atoms with Crippen molar-refractivity contribution in [2.45, 2.75) is 24.0 Å². The standard InChI is InChI=1S/C13H27N3O3S/c1-18-9-3-10-19-11-8-16-6-4-13(20-2,5-7-16)12(14)15-17/h17H,3-11H2,1-2H3,(H2,14,15). The van der Waals surface area contributed by atoms with Gasteiger partial charge in [0.1, 0.15) is 0 Å². The molecule has 3 N–H and O–H groups in total. The summed E-state index contributed by atoms with van der Waals surface area (Å²) in [5.41, 5.74) is 5.83. The number of thioether (sulfide) groups is 1. The van der Waals surface area contributed by atoms with E-state index in [1.165, 1.54) is 0 Å². The molecule has 20 heavy (non-hydrogen) atoms. The van der Waals surface area contributed by atoms with Gasteiger partial charge in [-0.05, 0) is 38.6 Å². The molecule has 0 saturated carbocycles. The highest BCUT2D eigenvalue weighted by atomic mass is 32.2. The zero-order valence-corrected chi connectivity index (χ0v) is 13.3. The second-order valence-corrected chi connectivity index (χ2v) is 6.17. The van der Waals surface area contributed by atoms with Crippen LogP contribution in [0.4, 0.5) is 0 Å². The fourth-order valence-corrected chi connectivity index (χ4v) is 3.24. The number of piperidine rings is 1. The van der Waals surface area contributed by atoms with E-state index in [2.05, 4.69) is 10.1 Å². The monoisotopic (exact) mass is 305 g/mol. The van der Waals surface area contributed by atoms with Crippen molar-refractivity contribution in [3.05, 3.63) is 0 Å². The van der Waals surface area contributed by atoms with Crippen LogP contribution in [0, 0.1) is 0 Å². The van der Waals surface area contributed by atoms with Crippen LogP contribution in [0.1, 0.15) is 19.3 Å². The Labute approximate surface area is 125 Å². The number of methoxy groups -OCH3 is 1. The minimum absolute atomic E-state index is 0.204. The Morgan fingerprint density at radius 2 is 2.05 bits per heavy atom. The Morgan fingerprint density at radius 1 is 1.35 bits per heavy atom. The van der Waals surface area contributed by atoms with E-state index in [0.29, 0.717) is 5.84 Å². The lowest BCUT2D eigenvalue weighted by Crippen LogP contribution is -2.50. The maximum atomic E-state index is 8.90. The molecule has 0 aromatic heterocycles. The SMILES string of the molecule is COCCCOCCN1CCC(SC)(C(N)=NO)CC1. The van der Waals surface area contributed by atoms with E-state index in [4.69, 9.17) is 20.4 Å². The smallest absolute Gasteiger partial charge is 0.155 e. The van der Waals surface area contributed by atoms with Gasteiger partial charge in [-0.2, -0.15) is 11.8 Å². The average Bonchev–Trinajstić information content (AvgIpc) is 2.50. The van der Waals surface area contributed by atoms with Crippen molar-refractivity contribution in [2.75, 3.05) is 52.8 Å². The van der Waals surface area contributed by atoms with Crippen molar-refractivity contribution in [3.63, 3.8) is 0 Å². The first kappa shape index (κ1) is 17.6. The molecular weight excluding hydrogens is 278 g/mol. The maximum absolute atomic E-state index is 8.90. The Bertz CT molecular complexity index is 295.